The van der Waals surface area contributed by atoms with Gasteiger partial charge in [-0.2, -0.15) is 0 Å². The van der Waals surface area contributed by atoms with Crippen LogP contribution in [0.25, 0.3) is 0 Å². The lowest BCUT2D eigenvalue weighted by atomic mass is 9.71. The number of carbonyl (C=O) groups is 2. The lowest BCUT2D eigenvalue weighted by Gasteiger charge is -2.41. The molecular weight excluding hydrogens is 347 g/mol. The van der Waals surface area contributed by atoms with Crippen molar-refractivity contribution in [3.05, 3.63) is 47.3 Å². The highest BCUT2D eigenvalue weighted by Crippen LogP contribution is 2.45. The summed E-state index contributed by atoms with van der Waals surface area (Å²) in [5.41, 5.74) is 1.15. The number of amides is 1. The highest BCUT2D eigenvalue weighted by Gasteiger charge is 2.52. The summed E-state index contributed by atoms with van der Waals surface area (Å²) in [6, 6.07) is 5.59. The molecule has 0 bridgehead atoms. The van der Waals surface area contributed by atoms with E-state index in [1.165, 1.54) is 23.8 Å². The first-order valence-electron chi connectivity index (χ1n) is 9.44. The second-order valence-electron chi connectivity index (χ2n) is 8.03. The van der Waals surface area contributed by atoms with Gasteiger partial charge in [0.2, 0.25) is 0 Å². The number of carboxylic acid groups (broad SMARTS) is 1. The lowest BCUT2D eigenvalue weighted by Crippen LogP contribution is -2.46. The predicted octanol–water partition coefficient (Wildman–Crippen LogP) is 3.03. The van der Waals surface area contributed by atoms with Gasteiger partial charge in [0.15, 0.2) is 0 Å². The molecule has 1 unspecified atom stereocenters. The van der Waals surface area contributed by atoms with Gasteiger partial charge in [0, 0.05) is 30.6 Å². The molecule has 1 N–H and O–H groups in total. The predicted molar refractivity (Wildman–Crippen MR) is 101 cm³/mol. The minimum atomic E-state index is -0.845. The maximum Gasteiger partial charge on any atom is 0.308 e. The molecule has 1 spiro atoms. The summed E-state index contributed by atoms with van der Waals surface area (Å²) in [7, 11) is 0. The maximum absolute atomic E-state index is 13.5. The number of likely N-dealkylation sites (tertiary alicyclic amines) is 2. The summed E-state index contributed by atoms with van der Waals surface area (Å²) in [5.74, 6) is -2.16. The summed E-state index contributed by atoms with van der Waals surface area (Å²) in [5, 5.41) is 9.77. The molecular formula is C21H27FN2O3. The van der Waals surface area contributed by atoms with Gasteiger partial charge >= 0.3 is 5.97 Å². The van der Waals surface area contributed by atoms with Crippen LogP contribution in [0, 0.1) is 17.2 Å². The average molecular weight is 374 g/mol. The molecule has 2 fully saturated rings. The standard InChI is InChI=1S/C21H27FN2O3/c1-15(2)6-9-23-10-7-21(8-11-23)14-24(13-18(21)20(26)27)19(25)16-4-3-5-17(22)12-16/h3-6,12,18H,7-11,13-14H2,1-2H3,(H,26,27). The zero-order valence-electron chi connectivity index (χ0n) is 15.9. The van der Waals surface area contributed by atoms with Gasteiger partial charge in [0.25, 0.3) is 5.91 Å². The Labute approximate surface area is 159 Å². The van der Waals surface area contributed by atoms with E-state index in [-0.39, 0.29) is 18.0 Å². The van der Waals surface area contributed by atoms with Gasteiger partial charge in [0.1, 0.15) is 5.82 Å². The molecule has 2 aliphatic heterocycles. The van der Waals surface area contributed by atoms with E-state index in [4.69, 9.17) is 0 Å². The SMILES string of the molecule is CC(C)=CCN1CCC2(CC1)CN(C(=O)c1cccc(F)c1)CC2C(=O)O. The van der Waals surface area contributed by atoms with Crippen molar-refractivity contribution in [1.29, 1.82) is 0 Å². The molecule has 5 nitrogen and oxygen atoms in total. The molecule has 2 heterocycles. The molecule has 3 rings (SSSR count). The van der Waals surface area contributed by atoms with Crippen LogP contribution >= 0.6 is 0 Å². The van der Waals surface area contributed by atoms with Crippen LogP contribution in [0.1, 0.15) is 37.0 Å². The maximum atomic E-state index is 13.5. The number of halogens is 1. The van der Waals surface area contributed by atoms with Crippen LogP contribution in [0.5, 0.6) is 0 Å². The monoisotopic (exact) mass is 374 g/mol. The Hall–Kier alpha value is -2.21. The van der Waals surface area contributed by atoms with Gasteiger partial charge in [-0.3, -0.25) is 14.5 Å². The van der Waals surface area contributed by atoms with Gasteiger partial charge in [0.05, 0.1) is 5.92 Å². The normalized spacial score (nSPS) is 22.0. The third kappa shape index (κ3) is 4.21. The van der Waals surface area contributed by atoms with E-state index in [1.54, 1.807) is 11.0 Å². The quantitative estimate of drug-likeness (QED) is 0.823. The molecule has 27 heavy (non-hydrogen) atoms. The second-order valence-corrected chi connectivity index (χ2v) is 8.03. The van der Waals surface area contributed by atoms with Gasteiger partial charge in [-0.1, -0.05) is 17.7 Å². The number of aliphatic carboxylic acids is 1. The molecule has 0 radical (unpaired) electrons. The lowest BCUT2D eigenvalue weighted by molar-refractivity contribution is -0.145. The molecule has 0 aliphatic carbocycles. The molecule has 1 amide bonds. The fraction of sp³-hybridized carbons (Fsp3) is 0.524. The van der Waals surface area contributed by atoms with Crippen molar-refractivity contribution in [1.82, 2.24) is 9.80 Å². The molecule has 0 aromatic heterocycles. The first-order valence-corrected chi connectivity index (χ1v) is 9.44. The minimum absolute atomic E-state index is 0.193. The van der Waals surface area contributed by atoms with E-state index in [0.717, 1.165) is 32.5 Å². The molecule has 1 atom stereocenters. The third-order valence-corrected chi connectivity index (χ3v) is 5.91. The zero-order valence-corrected chi connectivity index (χ0v) is 15.9. The van der Waals surface area contributed by atoms with Crippen LogP contribution in [0.2, 0.25) is 0 Å². The highest BCUT2D eigenvalue weighted by atomic mass is 19.1. The highest BCUT2D eigenvalue weighted by molar-refractivity contribution is 5.95. The van der Waals surface area contributed by atoms with Crippen molar-refractivity contribution in [2.24, 2.45) is 11.3 Å². The van der Waals surface area contributed by atoms with E-state index in [1.807, 2.05) is 0 Å². The van der Waals surface area contributed by atoms with Crippen molar-refractivity contribution in [2.45, 2.75) is 26.7 Å². The number of carbonyl (C=O) groups excluding carboxylic acids is 1. The largest absolute Gasteiger partial charge is 0.481 e. The van der Waals surface area contributed by atoms with Crippen LogP contribution in [-0.2, 0) is 4.79 Å². The molecule has 2 saturated heterocycles. The number of benzene rings is 1. The van der Waals surface area contributed by atoms with Crippen LogP contribution in [0.4, 0.5) is 4.39 Å². The van der Waals surface area contributed by atoms with Crippen molar-refractivity contribution in [3.8, 4) is 0 Å². The summed E-state index contributed by atoms with van der Waals surface area (Å²) in [6.45, 7) is 7.29. The number of rotatable bonds is 4. The number of nitrogens with zero attached hydrogens (tertiary/aromatic N) is 2. The Morgan fingerprint density at radius 1 is 1.30 bits per heavy atom. The second kappa shape index (κ2) is 7.80. The fourth-order valence-corrected chi connectivity index (χ4v) is 4.27. The zero-order chi connectivity index (χ0) is 19.6. The third-order valence-electron chi connectivity index (χ3n) is 5.91. The first kappa shape index (κ1) is 19.5. The summed E-state index contributed by atoms with van der Waals surface area (Å²) >= 11 is 0. The van der Waals surface area contributed by atoms with Crippen LogP contribution in [0.3, 0.4) is 0 Å². The van der Waals surface area contributed by atoms with Crippen molar-refractivity contribution < 1.29 is 19.1 Å². The van der Waals surface area contributed by atoms with Crippen molar-refractivity contribution in [2.75, 3.05) is 32.7 Å². The van der Waals surface area contributed by atoms with E-state index in [0.29, 0.717) is 6.54 Å². The van der Waals surface area contributed by atoms with Crippen molar-refractivity contribution >= 4 is 11.9 Å². The Morgan fingerprint density at radius 2 is 2.00 bits per heavy atom. The number of hydrogen-bond donors (Lipinski definition) is 1. The van der Waals surface area contributed by atoms with Crippen molar-refractivity contribution in [3.63, 3.8) is 0 Å². The number of allylic oxidation sites excluding steroid dienone is 1. The Bertz CT molecular complexity index is 750. The number of hydrogen-bond acceptors (Lipinski definition) is 3. The van der Waals surface area contributed by atoms with E-state index in [9.17, 15) is 19.1 Å². The molecule has 0 saturated carbocycles. The van der Waals surface area contributed by atoms with Gasteiger partial charge in [-0.05, 0) is 58.0 Å². The van der Waals surface area contributed by atoms with Gasteiger partial charge in [-0.15, -0.1) is 0 Å². The fourth-order valence-electron chi connectivity index (χ4n) is 4.27. The van der Waals surface area contributed by atoms with E-state index < -0.39 is 23.1 Å². The Kier molecular flexibility index (Phi) is 5.65. The first-order chi connectivity index (χ1) is 12.8. The van der Waals surface area contributed by atoms with Crippen LogP contribution in [-0.4, -0.2) is 59.5 Å². The van der Waals surface area contributed by atoms with Gasteiger partial charge < -0.3 is 10.0 Å². The molecule has 1 aromatic rings. The van der Waals surface area contributed by atoms with Crippen LogP contribution < -0.4 is 0 Å². The minimum Gasteiger partial charge on any atom is -0.481 e. The van der Waals surface area contributed by atoms with Gasteiger partial charge in [-0.25, -0.2) is 4.39 Å². The number of piperidine rings is 1. The topological polar surface area (TPSA) is 60.9 Å². The molecule has 6 heteroatoms. The molecule has 146 valence electrons. The summed E-state index contributed by atoms with van der Waals surface area (Å²) in [6.07, 6.45) is 3.70. The van der Waals surface area contributed by atoms with E-state index in [2.05, 4.69) is 24.8 Å². The number of carboxylic acids is 1. The Balaban J connectivity index is 1.73. The van der Waals surface area contributed by atoms with E-state index >= 15 is 0 Å². The summed E-state index contributed by atoms with van der Waals surface area (Å²) < 4.78 is 13.5. The Morgan fingerprint density at radius 3 is 2.59 bits per heavy atom. The average Bonchev–Trinajstić information content (AvgIpc) is 3.00. The molecule has 1 aromatic carbocycles. The van der Waals surface area contributed by atoms with Crippen LogP contribution in [0.15, 0.2) is 35.9 Å². The summed E-state index contributed by atoms with van der Waals surface area (Å²) in [4.78, 5) is 28.6. The smallest absolute Gasteiger partial charge is 0.308 e. The molecule has 2 aliphatic rings.